The molecule has 3 nitrogen and oxygen atoms in total. The molecule has 0 bridgehead atoms. The van der Waals surface area contributed by atoms with E-state index in [4.69, 9.17) is 10.5 Å². The Morgan fingerprint density at radius 3 is 2.82 bits per heavy atom. The smallest absolute Gasteiger partial charge is 0.0674 e. The first-order valence-electron chi connectivity index (χ1n) is 7.26. The normalized spacial score (nSPS) is 37.9. The molecule has 0 radical (unpaired) electrons. The quantitative estimate of drug-likeness (QED) is 0.818. The zero-order valence-electron chi connectivity index (χ0n) is 11.4. The van der Waals surface area contributed by atoms with E-state index in [1.807, 2.05) is 0 Å². The van der Waals surface area contributed by atoms with E-state index in [1.165, 1.54) is 25.7 Å². The van der Waals surface area contributed by atoms with Crippen LogP contribution in [0.3, 0.4) is 0 Å². The molecule has 0 spiro atoms. The first kappa shape index (κ1) is 13.3. The van der Waals surface area contributed by atoms with Crippen molar-refractivity contribution in [2.45, 2.75) is 51.7 Å². The summed E-state index contributed by atoms with van der Waals surface area (Å²) in [5, 5.41) is 0. The largest absolute Gasteiger partial charge is 0.376 e. The minimum absolute atomic E-state index is 0.374. The van der Waals surface area contributed by atoms with Gasteiger partial charge < -0.3 is 10.5 Å². The van der Waals surface area contributed by atoms with Crippen molar-refractivity contribution >= 4 is 0 Å². The van der Waals surface area contributed by atoms with Gasteiger partial charge in [-0.15, -0.1) is 0 Å². The summed E-state index contributed by atoms with van der Waals surface area (Å²) in [5.41, 5.74) is 6.04. The van der Waals surface area contributed by atoms with Gasteiger partial charge in [-0.3, -0.25) is 4.90 Å². The summed E-state index contributed by atoms with van der Waals surface area (Å²) >= 11 is 0. The Kier molecular flexibility index (Phi) is 4.83. The maximum Gasteiger partial charge on any atom is 0.0674 e. The Labute approximate surface area is 106 Å². The Morgan fingerprint density at radius 2 is 2.18 bits per heavy atom. The van der Waals surface area contributed by atoms with Crippen molar-refractivity contribution in [2.24, 2.45) is 17.6 Å². The lowest BCUT2D eigenvalue weighted by atomic mass is 9.78. The SMILES string of the molecule is CC1CCCC(C(CN)N2CCOC(C)C2)C1. The molecule has 0 aromatic rings. The Bertz CT molecular complexity index is 212. The lowest BCUT2D eigenvalue weighted by Gasteiger charge is -2.42. The van der Waals surface area contributed by atoms with Crippen LogP contribution in [-0.4, -0.2) is 43.3 Å². The lowest BCUT2D eigenvalue weighted by molar-refractivity contribution is -0.0460. The number of rotatable bonds is 3. The van der Waals surface area contributed by atoms with E-state index in [-0.39, 0.29) is 0 Å². The number of ether oxygens (including phenoxy) is 1. The van der Waals surface area contributed by atoms with Gasteiger partial charge in [0.15, 0.2) is 0 Å². The summed E-state index contributed by atoms with van der Waals surface area (Å²) in [5.74, 6) is 1.70. The molecule has 1 aliphatic carbocycles. The monoisotopic (exact) mass is 240 g/mol. The average Bonchev–Trinajstić information content (AvgIpc) is 2.30. The van der Waals surface area contributed by atoms with E-state index in [0.717, 1.165) is 38.1 Å². The van der Waals surface area contributed by atoms with Crippen LogP contribution in [0.2, 0.25) is 0 Å². The number of morpholine rings is 1. The third kappa shape index (κ3) is 3.43. The van der Waals surface area contributed by atoms with Crippen LogP contribution in [0.15, 0.2) is 0 Å². The minimum Gasteiger partial charge on any atom is -0.376 e. The molecule has 1 saturated carbocycles. The summed E-state index contributed by atoms with van der Waals surface area (Å²) in [6.45, 7) is 8.37. The van der Waals surface area contributed by atoms with E-state index >= 15 is 0 Å². The summed E-state index contributed by atoms with van der Waals surface area (Å²) in [6, 6.07) is 0.587. The second kappa shape index (κ2) is 6.17. The van der Waals surface area contributed by atoms with Gasteiger partial charge in [0.2, 0.25) is 0 Å². The van der Waals surface area contributed by atoms with Gasteiger partial charge in [-0.2, -0.15) is 0 Å². The van der Waals surface area contributed by atoms with Crippen LogP contribution in [0.25, 0.3) is 0 Å². The van der Waals surface area contributed by atoms with Gasteiger partial charge in [-0.25, -0.2) is 0 Å². The van der Waals surface area contributed by atoms with Gasteiger partial charge in [0.25, 0.3) is 0 Å². The highest BCUT2D eigenvalue weighted by atomic mass is 16.5. The lowest BCUT2D eigenvalue weighted by Crippen LogP contribution is -2.53. The van der Waals surface area contributed by atoms with Crippen molar-refractivity contribution in [3.63, 3.8) is 0 Å². The van der Waals surface area contributed by atoms with Crippen molar-refractivity contribution in [1.82, 2.24) is 4.90 Å². The molecule has 1 heterocycles. The van der Waals surface area contributed by atoms with E-state index < -0.39 is 0 Å². The molecule has 0 aromatic heterocycles. The van der Waals surface area contributed by atoms with E-state index in [1.54, 1.807) is 0 Å². The van der Waals surface area contributed by atoms with Crippen molar-refractivity contribution < 1.29 is 4.74 Å². The highest BCUT2D eigenvalue weighted by molar-refractivity contribution is 4.86. The maximum atomic E-state index is 6.04. The Balaban J connectivity index is 1.94. The fourth-order valence-electron chi connectivity index (χ4n) is 3.62. The van der Waals surface area contributed by atoms with Crippen LogP contribution in [0.4, 0.5) is 0 Å². The second-order valence-electron chi connectivity index (χ2n) is 6.01. The molecule has 2 N–H and O–H groups in total. The van der Waals surface area contributed by atoms with Crippen LogP contribution in [0.1, 0.15) is 39.5 Å². The highest BCUT2D eigenvalue weighted by Gasteiger charge is 2.31. The van der Waals surface area contributed by atoms with Crippen LogP contribution in [0.5, 0.6) is 0 Å². The fourth-order valence-corrected chi connectivity index (χ4v) is 3.62. The number of nitrogens with zero attached hydrogens (tertiary/aromatic N) is 1. The molecule has 17 heavy (non-hydrogen) atoms. The summed E-state index contributed by atoms with van der Waals surface area (Å²) in [7, 11) is 0. The summed E-state index contributed by atoms with van der Waals surface area (Å²) in [4.78, 5) is 2.58. The number of nitrogens with two attached hydrogens (primary N) is 1. The van der Waals surface area contributed by atoms with Crippen molar-refractivity contribution in [3.05, 3.63) is 0 Å². The molecule has 3 heteroatoms. The molecule has 4 unspecified atom stereocenters. The first-order valence-corrected chi connectivity index (χ1v) is 7.26. The third-order valence-corrected chi connectivity index (χ3v) is 4.50. The van der Waals surface area contributed by atoms with Crippen molar-refractivity contribution in [3.8, 4) is 0 Å². The second-order valence-corrected chi connectivity index (χ2v) is 6.01. The van der Waals surface area contributed by atoms with Crippen LogP contribution in [-0.2, 0) is 4.74 Å². The van der Waals surface area contributed by atoms with Crippen LogP contribution >= 0.6 is 0 Å². The number of hydrogen-bond acceptors (Lipinski definition) is 3. The van der Waals surface area contributed by atoms with Gasteiger partial charge in [0.1, 0.15) is 0 Å². The molecular weight excluding hydrogens is 212 g/mol. The standard InChI is InChI=1S/C14H28N2O/c1-11-4-3-5-13(8-11)14(9-15)16-6-7-17-12(2)10-16/h11-14H,3-10,15H2,1-2H3. The summed E-state index contributed by atoms with van der Waals surface area (Å²) < 4.78 is 5.63. The van der Waals surface area contributed by atoms with Gasteiger partial charge in [0, 0.05) is 25.7 Å². The van der Waals surface area contributed by atoms with E-state index in [0.29, 0.717) is 12.1 Å². The fraction of sp³-hybridized carbons (Fsp3) is 1.00. The molecule has 100 valence electrons. The molecule has 1 saturated heterocycles. The number of hydrogen-bond donors (Lipinski definition) is 1. The molecule has 4 atom stereocenters. The third-order valence-electron chi connectivity index (χ3n) is 4.50. The maximum absolute atomic E-state index is 6.04. The van der Waals surface area contributed by atoms with Crippen LogP contribution < -0.4 is 5.73 Å². The average molecular weight is 240 g/mol. The highest BCUT2D eigenvalue weighted by Crippen LogP contribution is 2.32. The summed E-state index contributed by atoms with van der Waals surface area (Å²) in [6.07, 6.45) is 5.92. The molecular formula is C14H28N2O. The molecule has 0 amide bonds. The van der Waals surface area contributed by atoms with E-state index in [9.17, 15) is 0 Å². The van der Waals surface area contributed by atoms with Crippen molar-refractivity contribution in [2.75, 3.05) is 26.2 Å². The first-order chi connectivity index (χ1) is 8.20. The molecule has 2 rings (SSSR count). The molecule has 2 aliphatic rings. The van der Waals surface area contributed by atoms with Gasteiger partial charge >= 0.3 is 0 Å². The predicted octanol–water partition coefficient (Wildman–Crippen LogP) is 1.86. The van der Waals surface area contributed by atoms with Gasteiger partial charge in [-0.05, 0) is 31.6 Å². The molecule has 1 aliphatic heterocycles. The Morgan fingerprint density at radius 1 is 1.35 bits per heavy atom. The van der Waals surface area contributed by atoms with Crippen molar-refractivity contribution in [1.29, 1.82) is 0 Å². The topological polar surface area (TPSA) is 38.5 Å². The molecule has 2 fully saturated rings. The minimum atomic E-state index is 0.374. The predicted molar refractivity (Wildman–Crippen MR) is 71.0 cm³/mol. The molecule has 0 aromatic carbocycles. The Hall–Kier alpha value is -0.120. The van der Waals surface area contributed by atoms with E-state index in [2.05, 4.69) is 18.7 Å². The zero-order valence-corrected chi connectivity index (χ0v) is 11.4. The zero-order chi connectivity index (χ0) is 12.3. The van der Waals surface area contributed by atoms with Gasteiger partial charge in [-0.1, -0.05) is 19.8 Å². The van der Waals surface area contributed by atoms with Crippen LogP contribution in [0, 0.1) is 11.8 Å². The van der Waals surface area contributed by atoms with Gasteiger partial charge in [0.05, 0.1) is 12.7 Å².